The second kappa shape index (κ2) is 5.65. The minimum atomic E-state index is -0.162. The minimum Gasteiger partial charge on any atom is -0.348 e. The normalized spacial score (nSPS) is 27.8. The Bertz CT molecular complexity index is 421. The number of halogens is 1. The molecule has 1 amide bonds. The van der Waals surface area contributed by atoms with E-state index in [4.69, 9.17) is 11.6 Å². The summed E-state index contributed by atoms with van der Waals surface area (Å²) in [5.74, 6) is 1.10. The smallest absolute Gasteiger partial charge is 0.271 e. The van der Waals surface area contributed by atoms with Gasteiger partial charge in [-0.2, -0.15) is 0 Å². The highest BCUT2D eigenvalue weighted by molar-refractivity contribution is 6.29. The van der Waals surface area contributed by atoms with E-state index < -0.39 is 0 Å². The number of aromatic nitrogens is 2. The summed E-state index contributed by atoms with van der Waals surface area (Å²) in [7, 11) is 0. The molecule has 0 radical (unpaired) electrons. The average molecular weight is 268 g/mol. The topological polar surface area (TPSA) is 54.9 Å². The van der Waals surface area contributed by atoms with Crippen molar-refractivity contribution in [3.8, 4) is 0 Å². The highest BCUT2D eigenvalue weighted by Crippen LogP contribution is 2.28. The lowest BCUT2D eigenvalue weighted by molar-refractivity contribution is 0.0894. The molecular weight excluding hydrogens is 250 g/mol. The van der Waals surface area contributed by atoms with E-state index >= 15 is 0 Å². The van der Waals surface area contributed by atoms with Gasteiger partial charge in [-0.25, -0.2) is 9.97 Å². The molecule has 18 heavy (non-hydrogen) atoms. The van der Waals surface area contributed by atoms with Gasteiger partial charge >= 0.3 is 0 Å². The van der Waals surface area contributed by atoms with Crippen LogP contribution in [0.5, 0.6) is 0 Å². The van der Waals surface area contributed by atoms with Gasteiger partial charge in [0.2, 0.25) is 0 Å². The molecule has 1 aliphatic carbocycles. The van der Waals surface area contributed by atoms with E-state index in [-0.39, 0.29) is 11.9 Å². The zero-order valence-corrected chi connectivity index (χ0v) is 11.4. The maximum Gasteiger partial charge on any atom is 0.271 e. The van der Waals surface area contributed by atoms with Crippen molar-refractivity contribution < 1.29 is 4.79 Å². The van der Waals surface area contributed by atoms with E-state index in [1.807, 2.05) is 0 Å². The Balaban J connectivity index is 1.97. The molecule has 5 heteroatoms. The zero-order chi connectivity index (χ0) is 13.1. The Morgan fingerprint density at radius 3 is 2.72 bits per heavy atom. The first kappa shape index (κ1) is 13.3. The standard InChI is InChI=1S/C13H18ClN3O/c1-8-3-4-10(9(2)5-8)17-13(18)11-6-16-12(14)7-15-11/h6-10H,3-5H2,1-2H3,(H,17,18). The highest BCUT2D eigenvalue weighted by Gasteiger charge is 2.27. The highest BCUT2D eigenvalue weighted by atomic mass is 35.5. The quantitative estimate of drug-likeness (QED) is 0.896. The van der Waals surface area contributed by atoms with Crippen LogP contribution in [0.15, 0.2) is 12.4 Å². The second-order valence-electron chi connectivity index (χ2n) is 5.20. The van der Waals surface area contributed by atoms with Crippen LogP contribution in [0, 0.1) is 11.8 Å². The average Bonchev–Trinajstić information content (AvgIpc) is 2.33. The van der Waals surface area contributed by atoms with Gasteiger partial charge in [0, 0.05) is 6.04 Å². The van der Waals surface area contributed by atoms with Gasteiger partial charge in [0.1, 0.15) is 10.8 Å². The van der Waals surface area contributed by atoms with E-state index in [0.29, 0.717) is 16.8 Å². The summed E-state index contributed by atoms with van der Waals surface area (Å²) in [5, 5.41) is 3.34. The van der Waals surface area contributed by atoms with E-state index in [1.54, 1.807) is 0 Å². The van der Waals surface area contributed by atoms with Crippen molar-refractivity contribution in [2.75, 3.05) is 0 Å². The van der Waals surface area contributed by atoms with Crippen LogP contribution in [-0.2, 0) is 0 Å². The van der Waals surface area contributed by atoms with Gasteiger partial charge in [-0.3, -0.25) is 4.79 Å². The van der Waals surface area contributed by atoms with Crippen LogP contribution >= 0.6 is 11.6 Å². The Labute approximate surface area is 112 Å². The molecule has 0 aromatic carbocycles. The summed E-state index contributed by atoms with van der Waals surface area (Å²) in [6.07, 6.45) is 6.17. The lowest BCUT2D eigenvalue weighted by Gasteiger charge is -2.33. The van der Waals surface area contributed by atoms with Crippen molar-refractivity contribution in [1.29, 1.82) is 0 Å². The van der Waals surface area contributed by atoms with Crippen LogP contribution in [0.4, 0.5) is 0 Å². The minimum absolute atomic E-state index is 0.162. The molecule has 1 aromatic rings. The molecule has 0 bridgehead atoms. The molecule has 0 saturated heterocycles. The molecule has 0 spiro atoms. The summed E-state index contributed by atoms with van der Waals surface area (Å²) in [6, 6.07) is 0.242. The Morgan fingerprint density at radius 1 is 1.33 bits per heavy atom. The van der Waals surface area contributed by atoms with Crippen molar-refractivity contribution in [3.63, 3.8) is 0 Å². The number of nitrogens with one attached hydrogen (secondary N) is 1. The summed E-state index contributed by atoms with van der Waals surface area (Å²) < 4.78 is 0. The molecule has 1 aromatic heterocycles. The molecule has 98 valence electrons. The van der Waals surface area contributed by atoms with Crippen LogP contribution in [0.1, 0.15) is 43.6 Å². The number of nitrogens with zero attached hydrogens (tertiary/aromatic N) is 2. The third-order valence-electron chi connectivity index (χ3n) is 3.60. The molecule has 2 rings (SSSR count). The summed E-state index contributed by atoms with van der Waals surface area (Å²) >= 11 is 5.64. The lowest BCUT2D eigenvalue weighted by atomic mass is 9.80. The molecule has 4 nitrogen and oxygen atoms in total. The van der Waals surface area contributed by atoms with Gasteiger partial charge in [0.15, 0.2) is 0 Å². The van der Waals surface area contributed by atoms with Gasteiger partial charge < -0.3 is 5.32 Å². The van der Waals surface area contributed by atoms with Crippen LogP contribution < -0.4 is 5.32 Å². The maximum atomic E-state index is 12.0. The second-order valence-corrected chi connectivity index (χ2v) is 5.59. The third kappa shape index (κ3) is 3.19. The largest absolute Gasteiger partial charge is 0.348 e. The maximum absolute atomic E-state index is 12.0. The summed E-state index contributed by atoms with van der Waals surface area (Å²) in [6.45, 7) is 4.45. The van der Waals surface area contributed by atoms with Crippen molar-refractivity contribution >= 4 is 17.5 Å². The number of hydrogen-bond acceptors (Lipinski definition) is 3. The fraction of sp³-hybridized carbons (Fsp3) is 0.615. The summed E-state index contributed by atoms with van der Waals surface area (Å²) in [4.78, 5) is 19.8. The van der Waals surface area contributed by atoms with E-state index in [2.05, 4.69) is 29.1 Å². The molecule has 0 aliphatic heterocycles. The molecule has 1 fully saturated rings. The number of rotatable bonds is 2. The molecule has 1 saturated carbocycles. The number of carbonyl (C=O) groups excluding carboxylic acids is 1. The zero-order valence-electron chi connectivity index (χ0n) is 10.7. The predicted octanol–water partition coefficient (Wildman–Crippen LogP) is 2.68. The fourth-order valence-corrected chi connectivity index (χ4v) is 2.65. The van der Waals surface area contributed by atoms with E-state index in [0.717, 1.165) is 18.8 Å². The molecular formula is C13H18ClN3O. The molecule has 1 heterocycles. The van der Waals surface area contributed by atoms with E-state index in [9.17, 15) is 4.79 Å². The molecule has 3 atom stereocenters. The van der Waals surface area contributed by atoms with Gasteiger partial charge in [-0.1, -0.05) is 25.4 Å². The van der Waals surface area contributed by atoms with Gasteiger partial charge in [-0.15, -0.1) is 0 Å². The number of amides is 1. The van der Waals surface area contributed by atoms with Crippen molar-refractivity contribution in [3.05, 3.63) is 23.2 Å². The lowest BCUT2D eigenvalue weighted by Crippen LogP contribution is -2.42. The van der Waals surface area contributed by atoms with Crippen molar-refractivity contribution in [2.24, 2.45) is 11.8 Å². The third-order valence-corrected chi connectivity index (χ3v) is 3.80. The van der Waals surface area contributed by atoms with Gasteiger partial charge in [0.25, 0.3) is 5.91 Å². The molecule has 1 aliphatic rings. The number of hydrogen-bond donors (Lipinski definition) is 1. The Morgan fingerprint density at radius 2 is 2.11 bits per heavy atom. The Kier molecular flexibility index (Phi) is 4.17. The SMILES string of the molecule is CC1CCC(NC(=O)c2cnc(Cl)cn2)C(C)C1. The monoisotopic (exact) mass is 267 g/mol. The van der Waals surface area contributed by atoms with Crippen LogP contribution in [-0.4, -0.2) is 21.9 Å². The van der Waals surface area contributed by atoms with Gasteiger partial charge in [0.05, 0.1) is 12.4 Å². The summed E-state index contributed by atoms with van der Waals surface area (Å²) in [5.41, 5.74) is 0.324. The fourth-order valence-electron chi connectivity index (χ4n) is 2.55. The molecule has 3 unspecified atom stereocenters. The van der Waals surface area contributed by atoms with Crippen LogP contribution in [0.2, 0.25) is 5.15 Å². The first-order chi connectivity index (χ1) is 8.56. The van der Waals surface area contributed by atoms with Crippen molar-refractivity contribution in [2.45, 2.75) is 39.2 Å². The first-order valence-corrected chi connectivity index (χ1v) is 6.72. The molecule has 1 N–H and O–H groups in total. The van der Waals surface area contributed by atoms with Crippen molar-refractivity contribution in [1.82, 2.24) is 15.3 Å². The van der Waals surface area contributed by atoms with Crippen LogP contribution in [0.25, 0.3) is 0 Å². The van der Waals surface area contributed by atoms with Crippen LogP contribution in [0.3, 0.4) is 0 Å². The Hall–Kier alpha value is -1.16. The first-order valence-electron chi connectivity index (χ1n) is 6.34. The van der Waals surface area contributed by atoms with E-state index in [1.165, 1.54) is 18.8 Å². The number of carbonyl (C=O) groups is 1. The van der Waals surface area contributed by atoms with Gasteiger partial charge in [-0.05, 0) is 31.1 Å². The predicted molar refractivity (Wildman–Crippen MR) is 70.5 cm³/mol.